The molecule has 0 amide bonds. The summed E-state index contributed by atoms with van der Waals surface area (Å²) in [5.74, 6) is 0.659. The van der Waals surface area contributed by atoms with Crippen molar-refractivity contribution >= 4 is 43.5 Å². The second kappa shape index (κ2) is 5.98. The van der Waals surface area contributed by atoms with Gasteiger partial charge >= 0.3 is 0 Å². The molecule has 2 rings (SSSR count). The van der Waals surface area contributed by atoms with Crippen LogP contribution in [0.15, 0.2) is 21.1 Å². The van der Waals surface area contributed by atoms with Crippen molar-refractivity contribution in [1.82, 2.24) is 9.97 Å². The molecular weight excluding hydrogens is 415 g/mol. The lowest BCUT2D eigenvalue weighted by molar-refractivity contribution is 0.564. The Labute approximate surface area is 147 Å². The van der Waals surface area contributed by atoms with Crippen molar-refractivity contribution < 1.29 is 0 Å². The summed E-state index contributed by atoms with van der Waals surface area (Å²) < 4.78 is 1.89. The van der Waals surface area contributed by atoms with Crippen LogP contribution in [0, 0.1) is 13.8 Å². The van der Waals surface area contributed by atoms with E-state index in [1.807, 2.05) is 0 Å². The van der Waals surface area contributed by atoms with Gasteiger partial charge in [0.1, 0.15) is 5.15 Å². The minimum atomic E-state index is -0.111. The van der Waals surface area contributed by atoms with Gasteiger partial charge in [-0.25, -0.2) is 9.97 Å². The highest BCUT2D eigenvalue weighted by Crippen LogP contribution is 2.35. The highest BCUT2D eigenvalue weighted by Gasteiger charge is 2.23. The summed E-state index contributed by atoms with van der Waals surface area (Å²) in [5.41, 5.74) is 4.10. The summed E-state index contributed by atoms with van der Waals surface area (Å²) in [6.45, 7) is 10.5. The maximum absolute atomic E-state index is 6.28. The molecule has 0 aliphatic carbocycles. The Hall–Kier alpha value is -0.450. The zero-order valence-electron chi connectivity index (χ0n) is 12.7. The average molecular weight is 433 g/mol. The van der Waals surface area contributed by atoms with Crippen LogP contribution >= 0.6 is 43.5 Å². The first-order valence-corrected chi connectivity index (χ1v) is 8.58. The lowest BCUT2D eigenvalue weighted by Crippen LogP contribution is -2.16. The predicted molar refractivity (Wildman–Crippen MR) is 96.1 cm³/mol. The molecule has 0 saturated carbocycles. The normalized spacial score (nSPS) is 11.8. The average Bonchev–Trinajstić information content (AvgIpc) is 2.37. The minimum Gasteiger partial charge on any atom is -0.231 e. The maximum atomic E-state index is 6.28. The third kappa shape index (κ3) is 3.49. The van der Waals surface area contributed by atoms with E-state index < -0.39 is 0 Å². The van der Waals surface area contributed by atoms with Crippen LogP contribution in [-0.4, -0.2) is 9.97 Å². The van der Waals surface area contributed by atoms with Crippen molar-refractivity contribution in [3.63, 3.8) is 0 Å². The Balaban J connectivity index is 2.68. The first kappa shape index (κ1) is 16.9. The monoisotopic (exact) mass is 430 g/mol. The largest absolute Gasteiger partial charge is 0.231 e. The van der Waals surface area contributed by atoms with Crippen LogP contribution in [0.25, 0.3) is 11.4 Å². The number of benzene rings is 1. The van der Waals surface area contributed by atoms with Gasteiger partial charge in [0.25, 0.3) is 0 Å². The molecular formula is C16H17Br2ClN2. The van der Waals surface area contributed by atoms with Crippen LogP contribution < -0.4 is 0 Å². The second-order valence-corrected chi connectivity index (χ2v) is 8.12. The van der Waals surface area contributed by atoms with Crippen molar-refractivity contribution in [2.45, 2.75) is 40.0 Å². The van der Waals surface area contributed by atoms with Crippen LogP contribution in [0.1, 0.15) is 37.6 Å². The smallest absolute Gasteiger partial charge is 0.161 e. The minimum absolute atomic E-state index is 0.111. The quantitative estimate of drug-likeness (QED) is 0.499. The molecule has 1 heterocycles. The molecule has 0 radical (unpaired) electrons. The third-order valence-corrected chi connectivity index (χ3v) is 5.72. The molecule has 2 aromatic rings. The molecule has 2 nitrogen and oxygen atoms in total. The van der Waals surface area contributed by atoms with Crippen molar-refractivity contribution in [3.05, 3.63) is 43.1 Å². The van der Waals surface area contributed by atoms with Crippen molar-refractivity contribution in [1.29, 1.82) is 0 Å². The van der Waals surface area contributed by atoms with E-state index >= 15 is 0 Å². The number of rotatable bonds is 1. The fourth-order valence-corrected chi connectivity index (χ4v) is 3.29. The molecule has 0 atom stereocenters. The highest BCUT2D eigenvalue weighted by molar-refractivity contribution is 9.11. The Morgan fingerprint density at radius 1 is 0.952 bits per heavy atom. The van der Waals surface area contributed by atoms with Crippen LogP contribution in [0.4, 0.5) is 0 Å². The molecule has 5 heteroatoms. The van der Waals surface area contributed by atoms with Gasteiger partial charge in [0.15, 0.2) is 5.82 Å². The van der Waals surface area contributed by atoms with E-state index in [0.29, 0.717) is 11.0 Å². The number of nitrogens with zero attached hydrogens (tertiary/aromatic N) is 2. The van der Waals surface area contributed by atoms with Gasteiger partial charge in [-0.3, -0.25) is 0 Å². The predicted octanol–water partition coefficient (Wildman–Crippen LogP) is 6.24. The van der Waals surface area contributed by atoms with Gasteiger partial charge in [-0.2, -0.15) is 0 Å². The van der Waals surface area contributed by atoms with Gasteiger partial charge in [-0.05, 0) is 53.0 Å². The number of hydrogen-bond donors (Lipinski definition) is 0. The Bertz CT molecular complexity index is 683. The van der Waals surface area contributed by atoms with Crippen LogP contribution in [-0.2, 0) is 5.41 Å². The molecule has 0 N–H and O–H groups in total. The van der Waals surface area contributed by atoms with E-state index in [-0.39, 0.29) is 5.41 Å². The highest BCUT2D eigenvalue weighted by atomic mass is 79.9. The number of halogens is 3. The SMILES string of the molecule is Cc1cc(-c2nc(Cl)c(Br)c(C(C)(C)C)n2)cc(C)c1Br. The zero-order chi connectivity index (χ0) is 15.9. The van der Waals surface area contributed by atoms with Gasteiger partial charge in [-0.1, -0.05) is 48.3 Å². The molecule has 0 saturated heterocycles. The van der Waals surface area contributed by atoms with E-state index in [1.165, 1.54) is 0 Å². The van der Waals surface area contributed by atoms with E-state index in [1.54, 1.807) is 0 Å². The number of aromatic nitrogens is 2. The van der Waals surface area contributed by atoms with E-state index in [4.69, 9.17) is 16.6 Å². The summed E-state index contributed by atoms with van der Waals surface area (Å²) in [5, 5.41) is 0.447. The summed E-state index contributed by atoms with van der Waals surface area (Å²) in [4.78, 5) is 9.15. The van der Waals surface area contributed by atoms with Crippen LogP contribution in [0.3, 0.4) is 0 Å². The van der Waals surface area contributed by atoms with E-state index in [0.717, 1.165) is 31.3 Å². The van der Waals surface area contributed by atoms with Gasteiger partial charge in [-0.15, -0.1) is 0 Å². The molecule has 0 bridgehead atoms. The molecule has 0 aliphatic rings. The fraction of sp³-hybridized carbons (Fsp3) is 0.375. The van der Waals surface area contributed by atoms with Crippen molar-refractivity contribution in [2.24, 2.45) is 0 Å². The lowest BCUT2D eigenvalue weighted by atomic mass is 9.92. The first-order chi connectivity index (χ1) is 9.61. The molecule has 0 fully saturated rings. The standard InChI is InChI=1S/C16H17Br2ClN2/c1-8-6-10(7-9(2)11(8)17)15-20-13(16(3,4)5)12(18)14(19)21-15/h6-7H,1-5H3. The van der Waals surface area contributed by atoms with Gasteiger partial charge in [0.2, 0.25) is 0 Å². The Morgan fingerprint density at radius 2 is 1.48 bits per heavy atom. The summed E-state index contributed by atoms with van der Waals surface area (Å²) in [6.07, 6.45) is 0. The summed E-state index contributed by atoms with van der Waals surface area (Å²) in [7, 11) is 0. The van der Waals surface area contributed by atoms with Gasteiger partial charge in [0.05, 0.1) is 10.2 Å². The second-order valence-electron chi connectivity index (χ2n) is 6.17. The first-order valence-electron chi connectivity index (χ1n) is 6.62. The Morgan fingerprint density at radius 3 is 1.95 bits per heavy atom. The lowest BCUT2D eigenvalue weighted by Gasteiger charge is -2.20. The molecule has 21 heavy (non-hydrogen) atoms. The molecule has 0 spiro atoms. The maximum Gasteiger partial charge on any atom is 0.161 e. The molecule has 0 aliphatic heterocycles. The van der Waals surface area contributed by atoms with E-state index in [2.05, 4.69) is 83.6 Å². The third-order valence-electron chi connectivity index (χ3n) is 3.22. The molecule has 1 aromatic heterocycles. The topological polar surface area (TPSA) is 25.8 Å². The number of aryl methyl sites for hydroxylation is 2. The number of hydrogen-bond acceptors (Lipinski definition) is 2. The van der Waals surface area contributed by atoms with Gasteiger partial charge < -0.3 is 0 Å². The van der Waals surface area contributed by atoms with E-state index in [9.17, 15) is 0 Å². The van der Waals surface area contributed by atoms with Crippen LogP contribution in [0.2, 0.25) is 5.15 Å². The zero-order valence-corrected chi connectivity index (χ0v) is 16.6. The van der Waals surface area contributed by atoms with Crippen molar-refractivity contribution in [2.75, 3.05) is 0 Å². The van der Waals surface area contributed by atoms with Gasteiger partial charge in [0, 0.05) is 15.5 Å². The van der Waals surface area contributed by atoms with Crippen molar-refractivity contribution in [3.8, 4) is 11.4 Å². The fourth-order valence-electron chi connectivity index (χ4n) is 2.12. The molecule has 1 aromatic carbocycles. The summed E-state index contributed by atoms with van der Waals surface area (Å²) >= 11 is 13.4. The Kier molecular flexibility index (Phi) is 4.81. The van der Waals surface area contributed by atoms with Crippen LogP contribution in [0.5, 0.6) is 0 Å². The molecule has 0 unspecified atom stereocenters. The summed E-state index contributed by atoms with van der Waals surface area (Å²) in [6, 6.07) is 4.15. The molecule has 112 valence electrons.